The zero-order valence-electron chi connectivity index (χ0n) is 14.7. The molecule has 0 spiro atoms. The van der Waals surface area contributed by atoms with Crippen LogP contribution in [-0.4, -0.2) is 28.3 Å². The predicted molar refractivity (Wildman–Crippen MR) is 105 cm³/mol. The average molecular weight is 414 g/mol. The van der Waals surface area contributed by atoms with E-state index in [0.717, 1.165) is 11.8 Å². The molecule has 2 aromatic carbocycles. The van der Waals surface area contributed by atoms with Crippen LogP contribution in [0.5, 0.6) is 0 Å². The highest BCUT2D eigenvalue weighted by Crippen LogP contribution is 2.34. The second kappa shape index (κ2) is 8.77. The fourth-order valence-corrected chi connectivity index (χ4v) is 4.16. The number of thiazole rings is 1. The van der Waals surface area contributed by atoms with Gasteiger partial charge in [-0.05, 0) is 13.0 Å². The second-order valence-corrected chi connectivity index (χ2v) is 7.81. The first-order valence-corrected chi connectivity index (χ1v) is 9.77. The van der Waals surface area contributed by atoms with Crippen LogP contribution in [0.25, 0.3) is 0 Å². The van der Waals surface area contributed by atoms with Crippen molar-refractivity contribution < 1.29 is 19.2 Å². The molecule has 0 aliphatic rings. The number of non-ortho nitro benzene ring substituents is 1. The highest BCUT2D eigenvalue weighted by atomic mass is 32.2. The number of Topliss-reactive ketones (excluding diaryl/α,β-unsaturated/α-hetero) is 1. The van der Waals surface area contributed by atoms with Crippen LogP contribution in [-0.2, 0) is 4.74 Å². The van der Waals surface area contributed by atoms with Crippen molar-refractivity contribution in [1.82, 2.24) is 4.98 Å². The molecule has 9 heteroatoms. The van der Waals surface area contributed by atoms with Crippen molar-refractivity contribution in [1.29, 1.82) is 0 Å². The van der Waals surface area contributed by atoms with Crippen LogP contribution >= 0.6 is 23.1 Å². The number of ether oxygens (including phenoxy) is 1. The number of nitro benzene ring substituents is 1. The highest BCUT2D eigenvalue weighted by molar-refractivity contribution is 8.01. The molecule has 0 bridgehead atoms. The number of aromatic nitrogens is 1. The fourth-order valence-electron chi connectivity index (χ4n) is 2.27. The summed E-state index contributed by atoms with van der Waals surface area (Å²) in [5.74, 6) is -1.16. The molecule has 3 rings (SSSR count). The first-order valence-electron chi connectivity index (χ1n) is 8.08. The van der Waals surface area contributed by atoms with Gasteiger partial charge in [0.1, 0.15) is 0 Å². The highest BCUT2D eigenvalue weighted by Gasteiger charge is 2.20. The van der Waals surface area contributed by atoms with Gasteiger partial charge >= 0.3 is 5.97 Å². The first kappa shape index (κ1) is 19.7. The monoisotopic (exact) mass is 414 g/mol. The molecule has 0 atom stereocenters. The molecular weight excluding hydrogens is 400 g/mol. The number of hydrogen-bond acceptors (Lipinski definition) is 8. The average Bonchev–Trinajstić information content (AvgIpc) is 3.11. The van der Waals surface area contributed by atoms with Crippen molar-refractivity contribution in [3.63, 3.8) is 0 Å². The summed E-state index contributed by atoms with van der Waals surface area (Å²) in [6.45, 7) is 1.40. The number of carbonyl (C=O) groups is 2. The molecule has 0 unspecified atom stereocenters. The van der Waals surface area contributed by atoms with Crippen LogP contribution in [0.15, 0.2) is 63.1 Å². The van der Waals surface area contributed by atoms with Gasteiger partial charge in [-0.3, -0.25) is 14.9 Å². The van der Waals surface area contributed by atoms with Gasteiger partial charge in [0, 0.05) is 33.7 Å². The topological polar surface area (TPSA) is 99.4 Å². The first-order chi connectivity index (χ1) is 13.4. The van der Waals surface area contributed by atoms with E-state index in [2.05, 4.69) is 4.98 Å². The molecule has 1 aromatic heterocycles. The minimum absolute atomic E-state index is 0.0212. The van der Waals surface area contributed by atoms with Crippen LogP contribution in [0.3, 0.4) is 0 Å². The van der Waals surface area contributed by atoms with E-state index in [1.54, 1.807) is 30.3 Å². The second-order valence-electron chi connectivity index (χ2n) is 5.66. The molecule has 0 N–H and O–H groups in total. The Morgan fingerprint density at radius 3 is 2.61 bits per heavy atom. The van der Waals surface area contributed by atoms with E-state index in [-0.39, 0.29) is 17.0 Å². The maximum Gasteiger partial charge on any atom is 0.339 e. The van der Waals surface area contributed by atoms with E-state index >= 15 is 0 Å². The summed E-state index contributed by atoms with van der Waals surface area (Å²) in [6.07, 6.45) is 0. The Hall–Kier alpha value is -3.04. The van der Waals surface area contributed by atoms with Gasteiger partial charge in [0.2, 0.25) is 0 Å². The van der Waals surface area contributed by atoms with E-state index in [4.69, 9.17) is 4.74 Å². The number of nitro groups is 1. The molecule has 7 nitrogen and oxygen atoms in total. The Morgan fingerprint density at radius 1 is 1.21 bits per heavy atom. The normalized spacial score (nSPS) is 10.5. The van der Waals surface area contributed by atoms with Gasteiger partial charge in [0.15, 0.2) is 16.7 Å². The fraction of sp³-hybridized carbons (Fsp3) is 0.105. The van der Waals surface area contributed by atoms with E-state index < -0.39 is 17.5 Å². The van der Waals surface area contributed by atoms with Crippen LogP contribution in [0.1, 0.15) is 26.4 Å². The largest absolute Gasteiger partial charge is 0.454 e. The van der Waals surface area contributed by atoms with E-state index in [1.165, 1.54) is 35.2 Å². The molecule has 28 heavy (non-hydrogen) atoms. The summed E-state index contributed by atoms with van der Waals surface area (Å²) in [4.78, 5) is 40.0. The lowest BCUT2D eigenvalue weighted by atomic mass is 10.1. The lowest BCUT2D eigenvalue weighted by Gasteiger charge is -2.08. The molecule has 0 saturated heterocycles. The van der Waals surface area contributed by atoms with Crippen LogP contribution in [0.4, 0.5) is 5.69 Å². The number of aryl methyl sites for hydroxylation is 1. The quantitative estimate of drug-likeness (QED) is 0.242. The van der Waals surface area contributed by atoms with Gasteiger partial charge in [-0.1, -0.05) is 42.1 Å². The predicted octanol–water partition coefficient (Wildman–Crippen LogP) is 4.55. The number of ketones is 1. The van der Waals surface area contributed by atoms with Gasteiger partial charge < -0.3 is 4.74 Å². The van der Waals surface area contributed by atoms with Crippen LogP contribution < -0.4 is 0 Å². The number of benzene rings is 2. The van der Waals surface area contributed by atoms with Gasteiger partial charge in [-0.2, -0.15) is 0 Å². The lowest BCUT2D eigenvalue weighted by Crippen LogP contribution is -2.15. The molecule has 0 aliphatic carbocycles. The number of rotatable bonds is 7. The van der Waals surface area contributed by atoms with Gasteiger partial charge in [0.05, 0.1) is 10.5 Å². The van der Waals surface area contributed by atoms with Crippen LogP contribution in [0, 0.1) is 17.0 Å². The summed E-state index contributed by atoms with van der Waals surface area (Å²) in [6, 6.07) is 12.4. The molecular formula is C19H14N2O5S2. The summed E-state index contributed by atoms with van der Waals surface area (Å²) in [7, 11) is 0. The molecule has 0 amide bonds. The summed E-state index contributed by atoms with van der Waals surface area (Å²) in [5, 5.41) is 12.9. The Balaban J connectivity index is 1.81. The van der Waals surface area contributed by atoms with E-state index in [9.17, 15) is 19.7 Å². The Labute approximate surface area is 168 Å². The summed E-state index contributed by atoms with van der Waals surface area (Å²) < 4.78 is 5.82. The Kier molecular flexibility index (Phi) is 6.17. The molecule has 3 aromatic rings. The Bertz CT molecular complexity index is 1030. The maximum absolute atomic E-state index is 12.5. The minimum atomic E-state index is -0.802. The minimum Gasteiger partial charge on any atom is -0.454 e. The van der Waals surface area contributed by atoms with Gasteiger partial charge in [-0.25, -0.2) is 9.78 Å². The summed E-state index contributed by atoms with van der Waals surface area (Å²) in [5.41, 5.74) is 1.04. The third-order valence-electron chi connectivity index (χ3n) is 3.62. The molecule has 0 aliphatic heterocycles. The third-order valence-corrected chi connectivity index (χ3v) is 5.75. The molecule has 142 valence electrons. The maximum atomic E-state index is 12.5. The number of carbonyl (C=O) groups excluding carboxylic acids is 2. The lowest BCUT2D eigenvalue weighted by molar-refractivity contribution is -0.384. The SMILES string of the molecule is Cc1csc(Sc2ccc([N+](=O)[O-])cc2C(=O)OCC(=O)c2ccccc2)n1. The van der Waals surface area contributed by atoms with Crippen molar-refractivity contribution in [2.75, 3.05) is 6.61 Å². The van der Waals surface area contributed by atoms with Crippen molar-refractivity contribution in [3.05, 3.63) is 80.8 Å². The Morgan fingerprint density at radius 2 is 1.96 bits per heavy atom. The number of esters is 1. The van der Waals surface area contributed by atoms with Crippen LogP contribution in [0.2, 0.25) is 0 Å². The molecule has 0 radical (unpaired) electrons. The molecule has 1 heterocycles. The summed E-state index contributed by atoms with van der Waals surface area (Å²) >= 11 is 2.62. The van der Waals surface area contributed by atoms with Crippen molar-refractivity contribution in [2.45, 2.75) is 16.2 Å². The number of nitrogens with zero attached hydrogens (tertiary/aromatic N) is 2. The smallest absolute Gasteiger partial charge is 0.339 e. The zero-order chi connectivity index (χ0) is 20.1. The van der Waals surface area contributed by atoms with Gasteiger partial charge in [-0.15, -0.1) is 11.3 Å². The standard InChI is InChI=1S/C19H14N2O5S2/c1-12-11-27-19(20-12)28-17-8-7-14(21(24)25)9-15(17)18(23)26-10-16(22)13-5-3-2-4-6-13/h2-9,11H,10H2,1H3. The van der Waals surface area contributed by atoms with E-state index in [0.29, 0.717) is 14.8 Å². The van der Waals surface area contributed by atoms with Crippen molar-refractivity contribution in [3.8, 4) is 0 Å². The molecule has 0 fully saturated rings. The number of hydrogen-bond donors (Lipinski definition) is 0. The van der Waals surface area contributed by atoms with Gasteiger partial charge in [0.25, 0.3) is 5.69 Å². The third kappa shape index (κ3) is 4.81. The van der Waals surface area contributed by atoms with E-state index in [1.807, 2.05) is 12.3 Å². The zero-order valence-corrected chi connectivity index (χ0v) is 16.3. The molecule has 0 saturated carbocycles. The van der Waals surface area contributed by atoms with Crippen molar-refractivity contribution in [2.24, 2.45) is 0 Å². The van der Waals surface area contributed by atoms with Crippen molar-refractivity contribution >= 4 is 40.5 Å².